The average molecular weight is 394 g/mol. The summed E-state index contributed by atoms with van der Waals surface area (Å²) in [7, 11) is 3.83. The smallest absolute Gasteiger partial charge is 0.153 e. The molecule has 0 aromatic heterocycles. The van der Waals surface area contributed by atoms with Crippen LogP contribution < -0.4 is 30.1 Å². The first-order chi connectivity index (χ1) is 13.6. The number of ether oxygens (including phenoxy) is 3. The highest BCUT2D eigenvalue weighted by Crippen LogP contribution is 2.42. The van der Waals surface area contributed by atoms with Crippen molar-refractivity contribution in [2.75, 3.05) is 21.3 Å². The minimum Gasteiger partial charge on any atom is -0.496 e. The fourth-order valence-corrected chi connectivity index (χ4v) is 6.05. The molecule has 0 spiro atoms. The Balaban J connectivity index is 2.39. The molecule has 5 heteroatoms. The molecule has 144 valence electrons. The predicted octanol–water partition coefficient (Wildman–Crippen LogP) is 3.59. The van der Waals surface area contributed by atoms with Crippen LogP contribution in [0.25, 0.3) is 0 Å². The molecule has 0 aliphatic heterocycles. The molecule has 0 aliphatic rings. The molecule has 0 saturated carbocycles. The summed E-state index contributed by atoms with van der Waals surface area (Å²) < 4.78 is 17.0. The summed E-state index contributed by atoms with van der Waals surface area (Å²) in [5, 5.41) is 3.02. The molecule has 0 radical (unpaired) electrons. The van der Waals surface area contributed by atoms with Crippen LogP contribution in [0.2, 0.25) is 0 Å². The molecule has 0 unspecified atom stereocenters. The maximum absolute atomic E-state index is 11.7. The molecule has 0 fully saturated rings. The van der Waals surface area contributed by atoms with Crippen LogP contribution >= 0.6 is 7.92 Å². The topological polar surface area (TPSA) is 44.8 Å². The standard InChI is InChI=1S/C23H23O4P/c1-16-13-17(15-24)23(27-4)22(14-16)28(20-11-7-5-9-18(20)25-2)21-12-8-6-10-19(21)26-3/h5-15H,1-4H3. The van der Waals surface area contributed by atoms with E-state index in [1.54, 1.807) is 21.3 Å². The van der Waals surface area contributed by atoms with Crippen molar-refractivity contribution in [1.29, 1.82) is 0 Å². The van der Waals surface area contributed by atoms with Crippen molar-refractivity contribution >= 4 is 30.1 Å². The molecule has 0 bridgehead atoms. The Labute approximate surface area is 166 Å². The van der Waals surface area contributed by atoms with Gasteiger partial charge in [0.05, 0.1) is 26.9 Å². The Hall–Kier alpha value is -2.84. The Morgan fingerprint density at radius 1 is 0.750 bits per heavy atom. The maximum Gasteiger partial charge on any atom is 0.153 e. The number of hydrogen-bond acceptors (Lipinski definition) is 4. The molecule has 0 atom stereocenters. The fourth-order valence-electron chi connectivity index (χ4n) is 3.28. The zero-order valence-electron chi connectivity index (χ0n) is 16.4. The van der Waals surface area contributed by atoms with Gasteiger partial charge in [0.25, 0.3) is 0 Å². The number of para-hydroxylation sites is 2. The van der Waals surface area contributed by atoms with Crippen molar-refractivity contribution in [1.82, 2.24) is 0 Å². The molecule has 0 amide bonds. The lowest BCUT2D eigenvalue weighted by Gasteiger charge is -2.25. The van der Waals surface area contributed by atoms with Crippen molar-refractivity contribution in [3.8, 4) is 17.2 Å². The van der Waals surface area contributed by atoms with Gasteiger partial charge in [0, 0.05) is 15.9 Å². The van der Waals surface area contributed by atoms with Crippen LogP contribution in [0.3, 0.4) is 0 Å². The lowest BCUT2D eigenvalue weighted by atomic mass is 10.1. The number of carbonyl (C=O) groups excluding carboxylic acids is 1. The second-order valence-corrected chi connectivity index (χ2v) is 8.32. The van der Waals surface area contributed by atoms with Crippen molar-refractivity contribution in [2.24, 2.45) is 0 Å². The van der Waals surface area contributed by atoms with Crippen molar-refractivity contribution < 1.29 is 19.0 Å². The number of carbonyl (C=O) groups is 1. The van der Waals surface area contributed by atoms with E-state index in [4.69, 9.17) is 14.2 Å². The second kappa shape index (κ2) is 8.90. The van der Waals surface area contributed by atoms with Crippen LogP contribution in [0.1, 0.15) is 15.9 Å². The molecule has 0 N–H and O–H groups in total. The molecule has 0 heterocycles. The number of aldehydes is 1. The van der Waals surface area contributed by atoms with E-state index in [2.05, 4.69) is 18.2 Å². The lowest BCUT2D eigenvalue weighted by molar-refractivity contribution is 0.112. The molecule has 4 nitrogen and oxygen atoms in total. The maximum atomic E-state index is 11.7. The Kier molecular flexibility index (Phi) is 6.33. The molecule has 0 saturated heterocycles. The van der Waals surface area contributed by atoms with Crippen molar-refractivity contribution in [3.05, 3.63) is 71.8 Å². The summed E-state index contributed by atoms with van der Waals surface area (Å²) in [6, 6.07) is 19.8. The van der Waals surface area contributed by atoms with Gasteiger partial charge in [-0.15, -0.1) is 0 Å². The van der Waals surface area contributed by atoms with Gasteiger partial charge in [0.15, 0.2) is 6.29 Å². The zero-order valence-corrected chi connectivity index (χ0v) is 17.3. The Morgan fingerprint density at radius 3 is 1.75 bits per heavy atom. The third kappa shape index (κ3) is 3.74. The summed E-state index contributed by atoms with van der Waals surface area (Å²) in [6.07, 6.45) is 0.841. The molecular formula is C23H23O4P. The highest BCUT2D eigenvalue weighted by atomic mass is 31.1. The Bertz CT molecular complexity index is 937. The monoisotopic (exact) mass is 394 g/mol. The molecular weight excluding hydrogens is 371 g/mol. The van der Waals surface area contributed by atoms with Crippen molar-refractivity contribution in [3.63, 3.8) is 0 Å². The quantitative estimate of drug-likeness (QED) is 0.454. The van der Waals surface area contributed by atoms with E-state index in [0.717, 1.165) is 39.3 Å². The van der Waals surface area contributed by atoms with Crippen LogP contribution in [0, 0.1) is 6.92 Å². The van der Waals surface area contributed by atoms with Crippen LogP contribution in [0.4, 0.5) is 0 Å². The van der Waals surface area contributed by atoms with E-state index in [1.165, 1.54) is 0 Å². The van der Waals surface area contributed by atoms with Gasteiger partial charge in [-0.3, -0.25) is 4.79 Å². The van der Waals surface area contributed by atoms with Gasteiger partial charge >= 0.3 is 0 Å². The summed E-state index contributed by atoms with van der Waals surface area (Å²) in [6.45, 7) is 1.98. The van der Waals surface area contributed by atoms with Crippen LogP contribution in [0.15, 0.2) is 60.7 Å². The van der Waals surface area contributed by atoms with E-state index < -0.39 is 7.92 Å². The van der Waals surface area contributed by atoms with Gasteiger partial charge in [0.2, 0.25) is 0 Å². The highest BCUT2D eigenvalue weighted by Gasteiger charge is 2.27. The van der Waals surface area contributed by atoms with E-state index in [9.17, 15) is 4.79 Å². The normalized spacial score (nSPS) is 10.6. The third-order valence-electron chi connectivity index (χ3n) is 4.47. The first kappa shape index (κ1) is 19.9. The fraction of sp³-hybridized carbons (Fsp3) is 0.174. The zero-order chi connectivity index (χ0) is 20.1. The number of hydrogen-bond donors (Lipinski definition) is 0. The SMILES string of the molecule is COc1ccccc1P(c1ccccc1OC)c1cc(C)cc(C=O)c1OC. The third-order valence-corrected chi connectivity index (χ3v) is 6.98. The van der Waals surface area contributed by atoms with E-state index >= 15 is 0 Å². The largest absolute Gasteiger partial charge is 0.496 e. The first-order valence-electron chi connectivity index (χ1n) is 8.84. The van der Waals surface area contributed by atoms with Gasteiger partial charge < -0.3 is 14.2 Å². The van der Waals surface area contributed by atoms with E-state index in [-0.39, 0.29) is 0 Å². The van der Waals surface area contributed by atoms with Gasteiger partial charge in [-0.25, -0.2) is 0 Å². The van der Waals surface area contributed by atoms with Crippen LogP contribution in [-0.4, -0.2) is 27.6 Å². The summed E-state index contributed by atoms with van der Waals surface area (Å²) in [5.41, 5.74) is 1.53. The van der Waals surface area contributed by atoms with Crippen LogP contribution in [0.5, 0.6) is 17.2 Å². The number of methoxy groups -OCH3 is 3. The summed E-state index contributed by atoms with van der Waals surface area (Å²) in [5.74, 6) is 2.16. The van der Waals surface area contributed by atoms with Gasteiger partial charge in [-0.05, 0) is 44.7 Å². The second-order valence-electron chi connectivity index (χ2n) is 6.20. The molecule has 0 aliphatic carbocycles. The predicted molar refractivity (Wildman–Crippen MR) is 115 cm³/mol. The lowest BCUT2D eigenvalue weighted by Crippen LogP contribution is -2.25. The van der Waals surface area contributed by atoms with Gasteiger partial charge in [-0.2, -0.15) is 0 Å². The van der Waals surface area contributed by atoms with Crippen LogP contribution in [-0.2, 0) is 0 Å². The van der Waals surface area contributed by atoms with E-state index in [1.807, 2.05) is 49.4 Å². The molecule has 3 aromatic rings. The average Bonchev–Trinajstić information content (AvgIpc) is 2.74. The number of benzene rings is 3. The molecule has 28 heavy (non-hydrogen) atoms. The van der Waals surface area contributed by atoms with E-state index in [0.29, 0.717) is 11.3 Å². The summed E-state index contributed by atoms with van der Waals surface area (Å²) in [4.78, 5) is 11.7. The van der Waals surface area contributed by atoms with Crippen molar-refractivity contribution in [2.45, 2.75) is 6.92 Å². The number of aryl methyl sites for hydroxylation is 1. The molecule has 3 rings (SSSR count). The minimum atomic E-state index is -1.10. The number of rotatable bonds is 7. The minimum absolute atomic E-state index is 0.537. The summed E-state index contributed by atoms with van der Waals surface area (Å²) >= 11 is 0. The van der Waals surface area contributed by atoms with Gasteiger partial charge in [0.1, 0.15) is 17.2 Å². The highest BCUT2D eigenvalue weighted by molar-refractivity contribution is 7.80. The molecule has 3 aromatic carbocycles. The Morgan fingerprint density at radius 2 is 1.29 bits per heavy atom. The van der Waals surface area contributed by atoms with Gasteiger partial charge in [-0.1, -0.05) is 36.4 Å². The first-order valence-corrected chi connectivity index (χ1v) is 10.2.